The SMILES string of the molecule is NC1C=C2C#C[C@H](CCc3ccc(O)c(Cc4cccc(O)c4)c3)CCC[C@H]3C[C@H](O)CCc4cc(c(O)cc4CO)OCc4cc([C@@]56CCO[C@@H]7CC[C@@H](C[C@@H]75)c5ccccc56)cc5cn(cc45)C(=C2CO3)N1. The van der Waals surface area contributed by atoms with Crippen LogP contribution in [0, 0.1) is 23.7 Å². The van der Waals surface area contributed by atoms with E-state index in [0.29, 0.717) is 55.4 Å². The van der Waals surface area contributed by atoms with Gasteiger partial charge < -0.3 is 55.4 Å². The van der Waals surface area contributed by atoms with Crippen molar-refractivity contribution in [1.29, 1.82) is 0 Å². The largest absolute Gasteiger partial charge is 0.508 e. The number of aliphatic hydroxyl groups excluding tert-OH is 2. The van der Waals surface area contributed by atoms with Gasteiger partial charge in [0.1, 0.15) is 23.9 Å². The van der Waals surface area contributed by atoms with Gasteiger partial charge in [0.25, 0.3) is 0 Å². The number of hydrogen-bond acceptors (Lipinski definition) is 10. The quantitative estimate of drug-likeness (QED) is 0.0764. The van der Waals surface area contributed by atoms with E-state index in [2.05, 4.69) is 76.6 Å². The smallest absolute Gasteiger partial charge is 0.161 e. The summed E-state index contributed by atoms with van der Waals surface area (Å²) in [4.78, 5) is 0. The molecular formula is C63H67N3O8. The predicted octanol–water partition coefficient (Wildman–Crippen LogP) is 9.89. The fourth-order valence-electron chi connectivity index (χ4n) is 13.6. The average Bonchev–Trinajstić information content (AvgIpc) is 3.84. The summed E-state index contributed by atoms with van der Waals surface area (Å²) in [7, 11) is 0. The standard InChI is InChI=1S/C63H67N3O8/c64-61-31-43-15-13-38(11-12-39-14-19-57(70)44(23-39)24-40-6-3-7-49(68)25-40)5-4-8-51-32-50(69)18-16-41-30-60(58(71)29-46(41)35-67)74-36-47-27-48(26-45-33-66(34-53(45)47)62(65-61)54(43)37-73-51)63-21-22-72-59-20-17-42(28-56(59)63)52-9-1-2-10-55(52)63/h1-3,6-7,9-10,14,19,23,25-27,29-31,33-34,38,42,50-51,56,59,61,65,67-71H,4-5,8,11-12,16-18,20-22,24,28,32,35-37,64H2/t38-,42-,50+,51-,56-,59+,61?,63+/m0/s1. The number of nitrogens with one attached hydrogen (secondary N) is 1. The van der Waals surface area contributed by atoms with E-state index in [9.17, 15) is 25.5 Å². The highest BCUT2D eigenvalue weighted by molar-refractivity contribution is 5.89. The molecule has 12 rings (SSSR count). The van der Waals surface area contributed by atoms with Crippen LogP contribution in [0.2, 0.25) is 0 Å². The first-order valence-electron chi connectivity index (χ1n) is 26.9. The van der Waals surface area contributed by atoms with Gasteiger partial charge in [-0.05, 0) is 181 Å². The Balaban J connectivity index is 0.956. The number of aryl methyl sites for hydroxylation is 2. The van der Waals surface area contributed by atoms with Crippen LogP contribution < -0.4 is 15.8 Å². The highest BCUT2D eigenvalue weighted by Crippen LogP contribution is 2.60. The molecule has 8 bridgehead atoms. The topological polar surface area (TPSA) is 172 Å². The molecule has 0 radical (unpaired) electrons. The molecular weight excluding hydrogens is 927 g/mol. The van der Waals surface area contributed by atoms with Crippen molar-refractivity contribution in [3.8, 4) is 34.8 Å². The van der Waals surface area contributed by atoms with Crippen molar-refractivity contribution in [1.82, 2.24) is 9.88 Å². The van der Waals surface area contributed by atoms with E-state index in [0.717, 1.165) is 113 Å². The highest BCUT2D eigenvalue weighted by Gasteiger charge is 2.55. The third-order valence-electron chi connectivity index (χ3n) is 17.3. The first-order chi connectivity index (χ1) is 36.1. The number of nitrogens with two attached hydrogens (primary N) is 1. The number of nitrogens with zero attached hydrogens (tertiary/aromatic N) is 1. The summed E-state index contributed by atoms with van der Waals surface area (Å²) in [5, 5.41) is 60.2. The van der Waals surface area contributed by atoms with Gasteiger partial charge >= 0.3 is 0 Å². The number of benzene rings is 5. The number of ether oxygens (including phenoxy) is 3. The van der Waals surface area contributed by atoms with Gasteiger partial charge in [-0.1, -0.05) is 66.4 Å². The van der Waals surface area contributed by atoms with E-state index in [4.69, 9.17) is 19.9 Å². The third-order valence-corrected chi connectivity index (χ3v) is 17.3. The monoisotopic (exact) mass is 993 g/mol. The Hall–Kier alpha value is -6.52. The van der Waals surface area contributed by atoms with Gasteiger partial charge in [0.15, 0.2) is 11.5 Å². The van der Waals surface area contributed by atoms with E-state index in [1.165, 1.54) is 16.7 Å². The van der Waals surface area contributed by atoms with E-state index < -0.39 is 12.3 Å². The Morgan fingerprint density at radius 2 is 1.72 bits per heavy atom. The van der Waals surface area contributed by atoms with Crippen molar-refractivity contribution in [3.05, 3.63) is 171 Å². The molecule has 0 amide bonds. The van der Waals surface area contributed by atoms with Crippen LogP contribution in [0.3, 0.4) is 0 Å². The van der Waals surface area contributed by atoms with Crippen LogP contribution in [0.25, 0.3) is 16.6 Å². The zero-order valence-electron chi connectivity index (χ0n) is 41.9. The summed E-state index contributed by atoms with van der Waals surface area (Å²) in [5.41, 5.74) is 17.7. The lowest BCUT2D eigenvalue weighted by atomic mass is 9.51. The van der Waals surface area contributed by atoms with Gasteiger partial charge in [-0.15, -0.1) is 0 Å². The second kappa shape index (κ2) is 20.3. The molecule has 1 saturated heterocycles. The van der Waals surface area contributed by atoms with Gasteiger partial charge in [-0.2, -0.15) is 0 Å². The van der Waals surface area contributed by atoms with Crippen molar-refractivity contribution >= 4 is 16.6 Å². The van der Waals surface area contributed by atoms with Gasteiger partial charge in [0.05, 0.1) is 37.7 Å². The molecule has 8 atom stereocenters. The molecule has 11 heteroatoms. The maximum Gasteiger partial charge on any atom is 0.161 e. The molecule has 74 heavy (non-hydrogen) atoms. The summed E-state index contributed by atoms with van der Waals surface area (Å²) in [6, 6.07) is 30.2. The maximum atomic E-state index is 11.7. The van der Waals surface area contributed by atoms with Gasteiger partial charge in [0.2, 0.25) is 0 Å². The number of phenols is 3. The van der Waals surface area contributed by atoms with Crippen molar-refractivity contribution in [2.24, 2.45) is 17.6 Å². The van der Waals surface area contributed by atoms with Gasteiger partial charge in [-0.3, -0.25) is 0 Å². The molecule has 11 nitrogen and oxygen atoms in total. The lowest BCUT2D eigenvalue weighted by Crippen LogP contribution is -2.54. The number of aromatic hydroxyl groups is 3. The molecule has 1 aromatic heterocycles. The minimum Gasteiger partial charge on any atom is -0.508 e. The number of hydrogen-bond donors (Lipinski definition) is 7. The number of aliphatic hydroxyl groups is 2. The van der Waals surface area contributed by atoms with Crippen molar-refractivity contribution in [2.45, 2.75) is 132 Å². The molecule has 8 N–H and O–H groups in total. The fraction of sp³-hybridized carbons (Fsp3) is 0.397. The molecule has 5 heterocycles. The summed E-state index contributed by atoms with van der Waals surface area (Å²) >= 11 is 0. The zero-order valence-corrected chi connectivity index (χ0v) is 41.9. The van der Waals surface area contributed by atoms with E-state index in [1.807, 2.05) is 30.3 Å². The summed E-state index contributed by atoms with van der Waals surface area (Å²) in [6.07, 6.45) is 15.0. The summed E-state index contributed by atoms with van der Waals surface area (Å²) in [6.45, 7) is 0.864. The van der Waals surface area contributed by atoms with Crippen LogP contribution >= 0.6 is 0 Å². The lowest BCUT2D eigenvalue weighted by Gasteiger charge is -2.56. The van der Waals surface area contributed by atoms with Crippen LogP contribution in [0.1, 0.15) is 120 Å². The van der Waals surface area contributed by atoms with Crippen molar-refractivity contribution < 1.29 is 39.7 Å². The van der Waals surface area contributed by atoms with Crippen LogP contribution in [-0.2, 0) is 47.4 Å². The van der Waals surface area contributed by atoms with Crippen LogP contribution in [-0.4, -0.2) is 67.8 Å². The molecule has 4 aliphatic heterocycles. The Morgan fingerprint density at radius 1 is 0.811 bits per heavy atom. The summed E-state index contributed by atoms with van der Waals surface area (Å²) < 4.78 is 22.4. The zero-order chi connectivity index (χ0) is 50.5. The van der Waals surface area contributed by atoms with Gasteiger partial charge in [0, 0.05) is 58.7 Å². The van der Waals surface area contributed by atoms with Crippen LogP contribution in [0.4, 0.5) is 0 Å². The minimum atomic E-state index is -0.693. The predicted molar refractivity (Wildman–Crippen MR) is 286 cm³/mol. The number of rotatable bonds is 7. The van der Waals surface area contributed by atoms with E-state index in [-0.39, 0.29) is 60.6 Å². The molecule has 2 fully saturated rings. The average molecular weight is 994 g/mol. The molecule has 2 aliphatic carbocycles. The van der Waals surface area contributed by atoms with Crippen molar-refractivity contribution in [3.63, 3.8) is 0 Å². The fourth-order valence-corrected chi connectivity index (χ4v) is 13.6. The first-order valence-corrected chi connectivity index (χ1v) is 26.9. The second-order valence-corrected chi connectivity index (χ2v) is 21.9. The van der Waals surface area contributed by atoms with E-state index in [1.54, 1.807) is 24.3 Å². The highest BCUT2D eigenvalue weighted by atomic mass is 16.5. The van der Waals surface area contributed by atoms with Crippen LogP contribution in [0.5, 0.6) is 23.0 Å². The Bertz CT molecular complexity index is 3240. The number of fused-ring (bicyclic) bond motifs is 10. The molecule has 1 saturated carbocycles. The van der Waals surface area contributed by atoms with Crippen LogP contribution in [0.15, 0.2) is 121 Å². The molecule has 382 valence electrons. The van der Waals surface area contributed by atoms with E-state index >= 15 is 0 Å². The number of dihydropyridines is 1. The maximum absolute atomic E-state index is 11.7. The third kappa shape index (κ3) is 9.37. The summed E-state index contributed by atoms with van der Waals surface area (Å²) in [5.74, 6) is 9.73. The Morgan fingerprint density at radius 3 is 2.61 bits per heavy atom. The number of phenolic OH excluding ortho intramolecular Hbond substituents is 3. The molecule has 1 unspecified atom stereocenters. The Labute approximate surface area is 433 Å². The first kappa shape index (κ1) is 48.4. The second-order valence-electron chi connectivity index (χ2n) is 21.9. The minimum absolute atomic E-state index is 0.0382. The van der Waals surface area contributed by atoms with Gasteiger partial charge in [-0.25, -0.2) is 0 Å². The Kier molecular flexibility index (Phi) is 13.3. The molecule has 0 spiro atoms. The molecule has 6 aromatic rings. The molecule has 5 aromatic carbocycles. The lowest BCUT2D eigenvalue weighted by molar-refractivity contribution is -0.0894. The number of aromatic nitrogens is 1. The molecule has 6 aliphatic rings. The normalized spacial score (nSPS) is 26.6. The van der Waals surface area contributed by atoms with Crippen molar-refractivity contribution in [2.75, 3.05) is 13.2 Å².